The predicted molar refractivity (Wildman–Crippen MR) is 145 cm³/mol. The van der Waals surface area contributed by atoms with Crippen LogP contribution in [0.3, 0.4) is 0 Å². The zero-order valence-electron chi connectivity index (χ0n) is 19.6. The average Bonchev–Trinajstić information content (AvgIpc) is 3.16. The SMILES string of the molecule is Cc1nc2c(OCc3c(Cl)ccc(N(C)C(=O)CNC(=O)N4CCOCC4)c3Cl)cccn2c1Br.Cl. The van der Waals surface area contributed by atoms with Crippen molar-refractivity contribution in [1.29, 1.82) is 0 Å². The summed E-state index contributed by atoms with van der Waals surface area (Å²) in [6, 6.07) is 6.68. The number of pyridine rings is 1. The minimum Gasteiger partial charge on any atom is -0.485 e. The highest BCUT2D eigenvalue weighted by Crippen LogP contribution is 2.35. The predicted octanol–water partition coefficient (Wildman–Crippen LogP) is 4.72. The number of aromatic nitrogens is 2. The molecule has 0 spiro atoms. The maximum Gasteiger partial charge on any atom is 0.317 e. The Bertz CT molecular complexity index is 1270. The van der Waals surface area contributed by atoms with Gasteiger partial charge in [-0.1, -0.05) is 23.2 Å². The zero-order valence-corrected chi connectivity index (χ0v) is 23.5. The molecule has 1 aliphatic heterocycles. The standard InChI is InChI=1S/C23H24BrCl2N5O4.ClH/c1-14-21(24)31-7-3-4-18(22(31)28-14)35-13-15-16(25)5-6-17(20(15)26)29(2)19(32)12-27-23(33)30-8-10-34-11-9-30;/h3-7H,8-13H2,1-2H3,(H,27,33);1H. The van der Waals surface area contributed by atoms with E-state index in [9.17, 15) is 9.59 Å². The van der Waals surface area contributed by atoms with Gasteiger partial charge in [0.05, 0.1) is 36.2 Å². The van der Waals surface area contributed by atoms with Gasteiger partial charge in [-0.3, -0.25) is 9.20 Å². The Labute approximate surface area is 233 Å². The van der Waals surface area contributed by atoms with Gasteiger partial charge in [0.15, 0.2) is 11.4 Å². The van der Waals surface area contributed by atoms with Crippen molar-refractivity contribution in [3.05, 3.63) is 56.4 Å². The van der Waals surface area contributed by atoms with Gasteiger partial charge < -0.3 is 24.6 Å². The van der Waals surface area contributed by atoms with Crippen LogP contribution in [-0.4, -0.2) is 66.1 Å². The van der Waals surface area contributed by atoms with Crippen LogP contribution in [0.2, 0.25) is 10.0 Å². The normalized spacial score (nSPS) is 13.3. The summed E-state index contributed by atoms with van der Waals surface area (Å²) in [6.45, 7) is 3.75. The molecule has 2 aromatic heterocycles. The summed E-state index contributed by atoms with van der Waals surface area (Å²) in [5.41, 5.74) is 2.48. The number of benzene rings is 1. The second kappa shape index (κ2) is 12.3. The number of aryl methyl sites for hydroxylation is 1. The number of morpholine rings is 1. The third-order valence-corrected chi connectivity index (χ3v) is 7.41. The number of nitrogens with zero attached hydrogens (tertiary/aromatic N) is 4. The summed E-state index contributed by atoms with van der Waals surface area (Å²) < 4.78 is 14.0. The fraction of sp³-hybridized carbons (Fsp3) is 0.348. The van der Waals surface area contributed by atoms with Gasteiger partial charge in [0.1, 0.15) is 11.2 Å². The molecule has 0 atom stereocenters. The van der Waals surface area contributed by atoms with E-state index < -0.39 is 0 Å². The molecule has 36 heavy (non-hydrogen) atoms. The van der Waals surface area contributed by atoms with Gasteiger partial charge in [0.2, 0.25) is 5.91 Å². The number of rotatable bonds is 6. The highest BCUT2D eigenvalue weighted by atomic mass is 79.9. The number of imidazole rings is 1. The first kappa shape index (κ1) is 28.3. The van der Waals surface area contributed by atoms with Crippen molar-refractivity contribution < 1.29 is 19.1 Å². The van der Waals surface area contributed by atoms with E-state index in [1.165, 1.54) is 4.90 Å². The number of carbonyl (C=O) groups is 2. The number of halogens is 4. The average molecular weight is 622 g/mol. The van der Waals surface area contributed by atoms with Crippen LogP contribution in [0.4, 0.5) is 10.5 Å². The summed E-state index contributed by atoms with van der Waals surface area (Å²) >= 11 is 16.6. The van der Waals surface area contributed by atoms with Crippen LogP contribution < -0.4 is 15.0 Å². The fourth-order valence-corrected chi connectivity index (χ4v) is 4.63. The van der Waals surface area contributed by atoms with Crippen LogP contribution in [0.1, 0.15) is 11.3 Å². The van der Waals surface area contributed by atoms with Gasteiger partial charge in [-0.25, -0.2) is 9.78 Å². The minimum atomic E-state index is -0.329. The first-order valence-corrected chi connectivity index (χ1v) is 12.4. The lowest BCUT2D eigenvalue weighted by Gasteiger charge is -2.27. The highest BCUT2D eigenvalue weighted by molar-refractivity contribution is 9.10. The first-order valence-electron chi connectivity index (χ1n) is 10.9. The maximum absolute atomic E-state index is 12.8. The number of likely N-dealkylation sites (N-methyl/N-ethyl adjacent to an activating group) is 1. The van der Waals surface area contributed by atoms with E-state index in [0.29, 0.717) is 59.0 Å². The number of anilines is 1. The molecule has 194 valence electrons. The van der Waals surface area contributed by atoms with Crippen molar-refractivity contribution >= 4 is 74.8 Å². The molecule has 0 aliphatic carbocycles. The molecule has 0 unspecified atom stereocenters. The van der Waals surface area contributed by atoms with Crippen LogP contribution in [-0.2, 0) is 16.1 Å². The Balaban J connectivity index is 0.00000361. The summed E-state index contributed by atoms with van der Waals surface area (Å²) in [6.07, 6.45) is 1.88. The van der Waals surface area contributed by atoms with E-state index in [2.05, 4.69) is 26.2 Å². The molecule has 0 saturated carbocycles. The van der Waals surface area contributed by atoms with Gasteiger partial charge in [-0.2, -0.15) is 0 Å². The molecule has 1 N–H and O–H groups in total. The zero-order chi connectivity index (χ0) is 25.1. The van der Waals surface area contributed by atoms with Crippen LogP contribution in [0.5, 0.6) is 5.75 Å². The van der Waals surface area contributed by atoms with Crippen LogP contribution in [0.15, 0.2) is 35.1 Å². The number of nitrogens with one attached hydrogen (secondary N) is 1. The monoisotopic (exact) mass is 619 g/mol. The topological polar surface area (TPSA) is 88.4 Å². The molecule has 0 bridgehead atoms. The molecule has 1 aromatic carbocycles. The number of amides is 3. The smallest absolute Gasteiger partial charge is 0.317 e. The van der Waals surface area contributed by atoms with E-state index >= 15 is 0 Å². The molecular formula is C23H25BrCl3N5O4. The lowest BCUT2D eigenvalue weighted by atomic mass is 10.2. The third-order valence-electron chi connectivity index (χ3n) is 5.68. The molecule has 0 radical (unpaired) electrons. The molecule has 3 amide bonds. The van der Waals surface area contributed by atoms with Gasteiger partial charge in [-0.15, -0.1) is 12.4 Å². The van der Waals surface area contributed by atoms with Gasteiger partial charge in [0, 0.05) is 36.9 Å². The van der Waals surface area contributed by atoms with Crippen molar-refractivity contribution in [3.8, 4) is 5.75 Å². The molecule has 1 fully saturated rings. The van der Waals surface area contributed by atoms with E-state index in [0.717, 1.165) is 10.3 Å². The van der Waals surface area contributed by atoms with Gasteiger partial charge in [0.25, 0.3) is 0 Å². The molecule has 1 saturated heterocycles. The minimum absolute atomic E-state index is 0. The molecule has 3 aromatic rings. The van der Waals surface area contributed by atoms with Gasteiger partial charge in [-0.05, 0) is 47.1 Å². The number of hydrogen-bond donors (Lipinski definition) is 1. The van der Waals surface area contributed by atoms with Crippen molar-refractivity contribution in [1.82, 2.24) is 19.6 Å². The number of urea groups is 1. The summed E-state index contributed by atoms with van der Waals surface area (Å²) in [4.78, 5) is 32.6. The number of fused-ring (bicyclic) bond motifs is 1. The molecular weight excluding hydrogens is 597 g/mol. The first-order chi connectivity index (χ1) is 16.8. The Morgan fingerprint density at radius 2 is 1.97 bits per heavy atom. The summed E-state index contributed by atoms with van der Waals surface area (Å²) in [5.74, 6) is 0.235. The van der Waals surface area contributed by atoms with Crippen molar-refractivity contribution in [2.45, 2.75) is 13.5 Å². The van der Waals surface area contributed by atoms with Gasteiger partial charge >= 0.3 is 6.03 Å². The molecule has 1 aliphatic rings. The highest BCUT2D eigenvalue weighted by Gasteiger charge is 2.22. The second-order valence-corrected chi connectivity index (χ2v) is 9.45. The van der Waals surface area contributed by atoms with E-state index in [1.807, 2.05) is 29.7 Å². The lowest BCUT2D eigenvalue weighted by Crippen LogP contribution is -2.48. The largest absolute Gasteiger partial charge is 0.485 e. The van der Waals surface area contributed by atoms with E-state index in [4.69, 9.17) is 32.7 Å². The van der Waals surface area contributed by atoms with E-state index in [-0.39, 0.29) is 37.5 Å². The molecule has 13 heteroatoms. The Kier molecular flexibility index (Phi) is 9.71. The lowest BCUT2D eigenvalue weighted by molar-refractivity contribution is -0.117. The van der Waals surface area contributed by atoms with Crippen molar-refractivity contribution in [3.63, 3.8) is 0 Å². The number of hydrogen-bond acceptors (Lipinski definition) is 5. The number of carbonyl (C=O) groups excluding carboxylic acids is 2. The molecule has 9 nitrogen and oxygen atoms in total. The van der Waals surface area contributed by atoms with Crippen molar-refractivity contribution in [2.75, 3.05) is 44.8 Å². The maximum atomic E-state index is 12.8. The Morgan fingerprint density at radius 1 is 1.25 bits per heavy atom. The third kappa shape index (κ3) is 6.00. The second-order valence-electron chi connectivity index (χ2n) is 7.91. The molecule has 3 heterocycles. The Morgan fingerprint density at radius 3 is 2.69 bits per heavy atom. The van der Waals surface area contributed by atoms with Crippen molar-refractivity contribution in [2.24, 2.45) is 0 Å². The summed E-state index contributed by atoms with van der Waals surface area (Å²) in [7, 11) is 1.59. The van der Waals surface area contributed by atoms with Crippen LogP contribution in [0.25, 0.3) is 5.65 Å². The quantitative estimate of drug-likeness (QED) is 0.431. The van der Waals surface area contributed by atoms with Crippen LogP contribution >= 0.6 is 51.5 Å². The summed E-state index contributed by atoms with van der Waals surface area (Å²) in [5, 5.41) is 3.35. The fourth-order valence-electron chi connectivity index (χ4n) is 3.65. The Hall–Kier alpha value is -2.24. The van der Waals surface area contributed by atoms with E-state index in [1.54, 1.807) is 24.1 Å². The molecule has 4 rings (SSSR count). The number of ether oxygens (including phenoxy) is 2. The van der Waals surface area contributed by atoms with Crippen LogP contribution in [0, 0.1) is 6.92 Å².